The first kappa shape index (κ1) is 14.4. The van der Waals surface area contributed by atoms with E-state index >= 15 is 0 Å². The Labute approximate surface area is 120 Å². The molecule has 0 amide bonds. The molecular formula is C8Cl6O2. The second-order valence-electron chi connectivity index (χ2n) is 2.55. The zero-order valence-corrected chi connectivity index (χ0v) is 11.6. The molecule has 0 aliphatic rings. The molecule has 1 rings (SSSR count). The Morgan fingerprint density at radius 2 is 0.938 bits per heavy atom. The summed E-state index contributed by atoms with van der Waals surface area (Å²) in [6.07, 6.45) is 0. The van der Waals surface area contributed by atoms with Crippen LogP contribution in [0, 0.1) is 0 Å². The molecule has 0 radical (unpaired) electrons. The van der Waals surface area contributed by atoms with Gasteiger partial charge in [-0.25, -0.2) is 0 Å². The maximum absolute atomic E-state index is 11.1. The number of hydrogen-bond donors (Lipinski definition) is 0. The Morgan fingerprint density at radius 3 is 1.19 bits per heavy atom. The SMILES string of the molecule is O=C(Cl)c1c(Cl)c(Cl)c(Cl)c(C(=O)Cl)c1Cl. The Hall–Kier alpha value is 0.300. The van der Waals surface area contributed by atoms with Gasteiger partial charge < -0.3 is 0 Å². The summed E-state index contributed by atoms with van der Waals surface area (Å²) in [6, 6.07) is 0. The van der Waals surface area contributed by atoms with Gasteiger partial charge in [0.2, 0.25) is 0 Å². The van der Waals surface area contributed by atoms with Crippen LogP contribution in [0.25, 0.3) is 0 Å². The fourth-order valence-electron chi connectivity index (χ4n) is 0.979. The van der Waals surface area contributed by atoms with E-state index in [9.17, 15) is 9.59 Å². The number of hydrogen-bond acceptors (Lipinski definition) is 2. The first-order valence-corrected chi connectivity index (χ1v) is 5.81. The molecule has 86 valence electrons. The van der Waals surface area contributed by atoms with E-state index < -0.39 is 10.5 Å². The maximum atomic E-state index is 11.1. The van der Waals surface area contributed by atoms with Crippen molar-refractivity contribution in [3.8, 4) is 0 Å². The van der Waals surface area contributed by atoms with E-state index in [0.717, 1.165) is 0 Å². The molecule has 1 aromatic carbocycles. The Kier molecular flexibility index (Phi) is 4.76. The first-order valence-electron chi connectivity index (χ1n) is 3.54. The van der Waals surface area contributed by atoms with E-state index in [1.54, 1.807) is 0 Å². The van der Waals surface area contributed by atoms with Gasteiger partial charge in [-0.05, 0) is 23.2 Å². The van der Waals surface area contributed by atoms with Gasteiger partial charge in [-0.2, -0.15) is 0 Å². The molecule has 0 aliphatic heterocycles. The molecule has 0 aliphatic carbocycles. The van der Waals surface area contributed by atoms with E-state index in [-0.39, 0.29) is 31.2 Å². The molecule has 1 aromatic rings. The van der Waals surface area contributed by atoms with Gasteiger partial charge in [-0.3, -0.25) is 9.59 Å². The highest BCUT2D eigenvalue weighted by atomic mass is 35.5. The average molecular weight is 341 g/mol. The predicted octanol–water partition coefficient (Wildman–Crippen LogP) is 5.06. The second-order valence-corrected chi connectivity index (χ2v) is 4.75. The molecule has 0 saturated heterocycles. The fourth-order valence-corrected chi connectivity index (χ4v) is 2.79. The molecule has 0 spiro atoms. The van der Waals surface area contributed by atoms with Gasteiger partial charge in [0.15, 0.2) is 0 Å². The second kappa shape index (κ2) is 5.30. The van der Waals surface area contributed by atoms with E-state index in [4.69, 9.17) is 69.6 Å². The van der Waals surface area contributed by atoms with Crippen LogP contribution in [0.2, 0.25) is 20.1 Å². The maximum Gasteiger partial charge on any atom is 0.255 e. The van der Waals surface area contributed by atoms with Crippen LogP contribution in [0.5, 0.6) is 0 Å². The smallest absolute Gasteiger partial charge is 0.255 e. The molecule has 0 heterocycles. The molecule has 0 N–H and O–H groups in total. The molecular weight excluding hydrogens is 341 g/mol. The lowest BCUT2D eigenvalue weighted by atomic mass is 10.1. The number of benzene rings is 1. The lowest BCUT2D eigenvalue weighted by Gasteiger charge is -2.10. The lowest BCUT2D eigenvalue weighted by molar-refractivity contribution is 0.108. The van der Waals surface area contributed by atoms with Crippen LogP contribution in [-0.2, 0) is 0 Å². The van der Waals surface area contributed by atoms with Gasteiger partial charge >= 0.3 is 0 Å². The minimum atomic E-state index is -0.965. The van der Waals surface area contributed by atoms with Gasteiger partial charge in [-0.1, -0.05) is 46.4 Å². The quantitative estimate of drug-likeness (QED) is 0.428. The van der Waals surface area contributed by atoms with Crippen molar-refractivity contribution >= 4 is 80.1 Å². The summed E-state index contributed by atoms with van der Waals surface area (Å²) in [5.41, 5.74) is -0.605. The van der Waals surface area contributed by atoms with Gasteiger partial charge in [0.05, 0.1) is 31.2 Å². The van der Waals surface area contributed by atoms with Crippen LogP contribution in [0.1, 0.15) is 20.7 Å². The normalized spacial score (nSPS) is 10.4. The van der Waals surface area contributed by atoms with E-state index in [0.29, 0.717) is 0 Å². The lowest BCUT2D eigenvalue weighted by Crippen LogP contribution is -2.01. The topological polar surface area (TPSA) is 34.1 Å². The van der Waals surface area contributed by atoms with Crippen molar-refractivity contribution in [2.75, 3.05) is 0 Å². The Morgan fingerprint density at radius 1 is 0.625 bits per heavy atom. The molecule has 0 bridgehead atoms. The molecule has 0 unspecified atom stereocenters. The molecule has 8 heteroatoms. The van der Waals surface area contributed by atoms with Gasteiger partial charge in [0.1, 0.15) is 0 Å². The number of rotatable bonds is 2. The van der Waals surface area contributed by atoms with Crippen molar-refractivity contribution in [2.45, 2.75) is 0 Å². The summed E-state index contributed by atoms with van der Waals surface area (Å²) in [7, 11) is 0. The van der Waals surface area contributed by atoms with Crippen molar-refractivity contribution in [3.63, 3.8) is 0 Å². The van der Waals surface area contributed by atoms with Crippen molar-refractivity contribution < 1.29 is 9.59 Å². The highest BCUT2D eigenvalue weighted by molar-refractivity contribution is 6.73. The van der Waals surface area contributed by atoms with Crippen LogP contribution < -0.4 is 0 Å². The summed E-state index contributed by atoms with van der Waals surface area (Å²) in [5, 5.41) is -2.91. The zero-order chi connectivity index (χ0) is 12.6. The molecule has 0 atom stereocenters. The number of carbonyl (C=O) groups is 2. The van der Waals surface area contributed by atoms with Crippen molar-refractivity contribution in [1.29, 1.82) is 0 Å². The van der Waals surface area contributed by atoms with Gasteiger partial charge in [0.25, 0.3) is 10.5 Å². The van der Waals surface area contributed by atoms with E-state index in [2.05, 4.69) is 0 Å². The van der Waals surface area contributed by atoms with Crippen LogP contribution in [0.3, 0.4) is 0 Å². The summed E-state index contributed by atoms with van der Waals surface area (Å²) < 4.78 is 0. The minimum absolute atomic E-state index is 0.208. The third kappa shape index (κ3) is 2.42. The van der Waals surface area contributed by atoms with Crippen molar-refractivity contribution in [1.82, 2.24) is 0 Å². The average Bonchev–Trinajstić information content (AvgIpc) is 2.13. The van der Waals surface area contributed by atoms with Crippen LogP contribution in [0.15, 0.2) is 0 Å². The summed E-state index contributed by atoms with van der Waals surface area (Å²) in [5.74, 6) is 0. The summed E-state index contributed by atoms with van der Waals surface area (Å²) in [4.78, 5) is 22.1. The highest BCUT2D eigenvalue weighted by Gasteiger charge is 2.26. The van der Waals surface area contributed by atoms with Crippen LogP contribution in [-0.4, -0.2) is 10.5 Å². The van der Waals surface area contributed by atoms with Gasteiger partial charge in [-0.15, -0.1) is 0 Å². The van der Waals surface area contributed by atoms with E-state index in [1.807, 2.05) is 0 Å². The largest absolute Gasteiger partial charge is 0.275 e. The standard InChI is InChI=1S/C8Cl6O2/c9-3-1(7(13)15)4(10)6(12)5(11)2(3)8(14)16. The Balaban J connectivity index is 3.80. The predicted molar refractivity (Wildman–Crippen MR) is 66.8 cm³/mol. The third-order valence-electron chi connectivity index (χ3n) is 1.66. The van der Waals surface area contributed by atoms with E-state index in [1.165, 1.54) is 0 Å². The van der Waals surface area contributed by atoms with Crippen molar-refractivity contribution in [3.05, 3.63) is 31.2 Å². The molecule has 0 fully saturated rings. The monoisotopic (exact) mass is 338 g/mol. The number of halogens is 6. The highest BCUT2D eigenvalue weighted by Crippen LogP contribution is 2.42. The molecule has 2 nitrogen and oxygen atoms in total. The van der Waals surface area contributed by atoms with Gasteiger partial charge in [0, 0.05) is 0 Å². The summed E-state index contributed by atoms with van der Waals surface area (Å²) >= 11 is 33.4. The zero-order valence-electron chi connectivity index (χ0n) is 7.08. The Bertz CT molecular complexity index is 455. The number of carbonyl (C=O) groups excluding carboxylic acids is 2. The third-order valence-corrected chi connectivity index (χ3v) is 3.74. The fraction of sp³-hybridized carbons (Fsp3) is 0. The van der Waals surface area contributed by atoms with Crippen LogP contribution in [0.4, 0.5) is 0 Å². The summed E-state index contributed by atoms with van der Waals surface area (Å²) in [6.45, 7) is 0. The molecule has 0 aromatic heterocycles. The van der Waals surface area contributed by atoms with Crippen molar-refractivity contribution in [2.24, 2.45) is 0 Å². The molecule has 16 heavy (non-hydrogen) atoms. The van der Waals surface area contributed by atoms with Crippen LogP contribution >= 0.6 is 69.6 Å². The minimum Gasteiger partial charge on any atom is -0.275 e. The first-order chi connectivity index (χ1) is 7.29. The molecule has 0 saturated carbocycles.